The van der Waals surface area contributed by atoms with Crippen LogP contribution >= 0.6 is 0 Å². The van der Waals surface area contributed by atoms with E-state index in [-0.39, 0.29) is 5.60 Å². The Labute approximate surface area is 83.1 Å². The third kappa shape index (κ3) is 8.26. The predicted molar refractivity (Wildman–Crippen MR) is 58.0 cm³/mol. The molecule has 13 heavy (non-hydrogen) atoms. The van der Waals surface area contributed by atoms with Crippen LogP contribution in [0.3, 0.4) is 0 Å². The number of hydrogen-bond acceptors (Lipinski definition) is 2. The predicted octanol–water partition coefficient (Wildman–Crippen LogP) is 2.44. The van der Waals surface area contributed by atoms with Crippen LogP contribution < -0.4 is 5.32 Å². The summed E-state index contributed by atoms with van der Waals surface area (Å²) in [5.41, 5.74) is -0.0221. The van der Waals surface area contributed by atoms with Crippen molar-refractivity contribution in [3.63, 3.8) is 0 Å². The fraction of sp³-hybridized carbons (Fsp3) is 1.00. The quantitative estimate of drug-likeness (QED) is 0.618. The monoisotopic (exact) mass is 187 g/mol. The van der Waals surface area contributed by atoms with Gasteiger partial charge in [-0.05, 0) is 39.7 Å². The Morgan fingerprint density at radius 2 is 1.92 bits per heavy atom. The van der Waals surface area contributed by atoms with Gasteiger partial charge in [-0.2, -0.15) is 0 Å². The Hall–Kier alpha value is -0.0800. The van der Waals surface area contributed by atoms with Gasteiger partial charge in [0.2, 0.25) is 0 Å². The van der Waals surface area contributed by atoms with Crippen LogP contribution in [0.1, 0.15) is 41.0 Å². The van der Waals surface area contributed by atoms with Crippen LogP contribution in [-0.2, 0) is 4.74 Å². The summed E-state index contributed by atoms with van der Waals surface area (Å²) in [6.07, 6.45) is 1.24. The lowest BCUT2D eigenvalue weighted by molar-refractivity contribution is -0.00877. The Bertz CT molecular complexity index is 121. The lowest BCUT2D eigenvalue weighted by Gasteiger charge is -2.25. The van der Waals surface area contributed by atoms with Gasteiger partial charge in [-0.1, -0.05) is 13.8 Å². The van der Waals surface area contributed by atoms with Crippen LogP contribution in [0.25, 0.3) is 0 Å². The smallest absolute Gasteiger partial charge is 0.0750 e. The molecule has 0 fully saturated rings. The second kappa shape index (κ2) is 6.39. The first-order chi connectivity index (χ1) is 5.98. The molecule has 0 rings (SSSR count). The third-order valence-electron chi connectivity index (χ3n) is 1.98. The molecule has 0 amide bonds. The Morgan fingerprint density at radius 1 is 1.31 bits per heavy atom. The molecule has 0 aromatic rings. The molecule has 0 aliphatic carbocycles. The summed E-state index contributed by atoms with van der Waals surface area (Å²) >= 11 is 0. The summed E-state index contributed by atoms with van der Waals surface area (Å²) < 4.78 is 5.57. The second-order valence-electron chi connectivity index (χ2n) is 4.55. The van der Waals surface area contributed by atoms with Gasteiger partial charge in [0, 0.05) is 13.2 Å². The fourth-order valence-electron chi connectivity index (χ4n) is 1.22. The summed E-state index contributed by atoms with van der Waals surface area (Å²) in [6.45, 7) is 13.6. The first kappa shape index (κ1) is 12.9. The Balaban J connectivity index is 3.40. The van der Waals surface area contributed by atoms with Crippen molar-refractivity contribution in [1.29, 1.82) is 0 Å². The summed E-state index contributed by atoms with van der Waals surface area (Å²) in [4.78, 5) is 0. The van der Waals surface area contributed by atoms with Crippen molar-refractivity contribution in [3.05, 3.63) is 0 Å². The molecule has 2 heteroatoms. The highest BCUT2D eigenvalue weighted by Crippen LogP contribution is 2.06. The standard InChI is InChI=1S/C11H25NO/c1-6-13-11(4,5)9-12-8-7-10(2)3/h10,12H,6-9H2,1-5H3. The van der Waals surface area contributed by atoms with Crippen molar-refractivity contribution in [2.75, 3.05) is 19.7 Å². The maximum Gasteiger partial charge on any atom is 0.0750 e. The van der Waals surface area contributed by atoms with E-state index < -0.39 is 0 Å². The summed E-state index contributed by atoms with van der Waals surface area (Å²) in [5.74, 6) is 0.780. The van der Waals surface area contributed by atoms with E-state index in [1.54, 1.807) is 0 Å². The minimum atomic E-state index is -0.0221. The van der Waals surface area contributed by atoms with Crippen LogP contribution in [0.15, 0.2) is 0 Å². The fourth-order valence-corrected chi connectivity index (χ4v) is 1.22. The number of ether oxygens (including phenoxy) is 1. The lowest BCUT2D eigenvalue weighted by atomic mass is 10.1. The topological polar surface area (TPSA) is 21.3 Å². The zero-order chi connectivity index (χ0) is 10.3. The molecule has 0 saturated carbocycles. The number of rotatable bonds is 7. The highest BCUT2D eigenvalue weighted by atomic mass is 16.5. The molecule has 0 aliphatic rings. The molecule has 0 bridgehead atoms. The van der Waals surface area contributed by atoms with Crippen LogP contribution in [-0.4, -0.2) is 25.3 Å². The number of nitrogens with one attached hydrogen (secondary N) is 1. The molecule has 2 nitrogen and oxygen atoms in total. The van der Waals surface area contributed by atoms with Crippen molar-refractivity contribution in [1.82, 2.24) is 5.32 Å². The van der Waals surface area contributed by atoms with Crippen molar-refractivity contribution < 1.29 is 4.74 Å². The van der Waals surface area contributed by atoms with E-state index in [0.29, 0.717) is 0 Å². The van der Waals surface area contributed by atoms with E-state index in [9.17, 15) is 0 Å². The minimum absolute atomic E-state index is 0.0221. The van der Waals surface area contributed by atoms with E-state index in [1.807, 2.05) is 6.92 Å². The average molecular weight is 187 g/mol. The van der Waals surface area contributed by atoms with E-state index in [0.717, 1.165) is 25.6 Å². The van der Waals surface area contributed by atoms with Gasteiger partial charge < -0.3 is 10.1 Å². The van der Waals surface area contributed by atoms with Crippen molar-refractivity contribution in [2.45, 2.75) is 46.6 Å². The molecule has 1 N–H and O–H groups in total. The maximum atomic E-state index is 5.57. The highest BCUT2D eigenvalue weighted by molar-refractivity contribution is 4.71. The van der Waals surface area contributed by atoms with Gasteiger partial charge in [0.05, 0.1) is 5.60 Å². The van der Waals surface area contributed by atoms with E-state index in [2.05, 4.69) is 33.0 Å². The third-order valence-corrected chi connectivity index (χ3v) is 1.98. The van der Waals surface area contributed by atoms with E-state index in [4.69, 9.17) is 4.74 Å². The van der Waals surface area contributed by atoms with Crippen LogP contribution in [0.4, 0.5) is 0 Å². The maximum absolute atomic E-state index is 5.57. The molecule has 0 unspecified atom stereocenters. The molecule has 0 atom stereocenters. The Kier molecular flexibility index (Phi) is 6.35. The SMILES string of the molecule is CCOC(C)(C)CNCCC(C)C. The number of hydrogen-bond donors (Lipinski definition) is 1. The molecule has 0 aromatic carbocycles. The molecular formula is C11H25NO. The van der Waals surface area contributed by atoms with E-state index in [1.165, 1.54) is 6.42 Å². The lowest BCUT2D eigenvalue weighted by Crippen LogP contribution is -2.38. The van der Waals surface area contributed by atoms with Gasteiger partial charge >= 0.3 is 0 Å². The van der Waals surface area contributed by atoms with Crippen LogP contribution in [0.5, 0.6) is 0 Å². The van der Waals surface area contributed by atoms with Gasteiger partial charge in [-0.25, -0.2) is 0 Å². The molecule has 0 aromatic heterocycles. The van der Waals surface area contributed by atoms with Crippen molar-refractivity contribution in [3.8, 4) is 0 Å². The highest BCUT2D eigenvalue weighted by Gasteiger charge is 2.16. The second-order valence-corrected chi connectivity index (χ2v) is 4.55. The van der Waals surface area contributed by atoms with Gasteiger partial charge in [0.25, 0.3) is 0 Å². The normalized spacial score (nSPS) is 12.5. The average Bonchev–Trinajstić information content (AvgIpc) is 1.98. The van der Waals surface area contributed by atoms with Gasteiger partial charge in [0.1, 0.15) is 0 Å². The molecule has 0 saturated heterocycles. The Morgan fingerprint density at radius 3 is 2.38 bits per heavy atom. The molecule has 80 valence electrons. The molecule has 0 heterocycles. The zero-order valence-corrected chi connectivity index (χ0v) is 9.81. The van der Waals surface area contributed by atoms with Gasteiger partial charge in [0.15, 0.2) is 0 Å². The summed E-state index contributed by atoms with van der Waals surface area (Å²) in [7, 11) is 0. The molecule has 0 spiro atoms. The molecule has 0 aliphatic heterocycles. The van der Waals surface area contributed by atoms with Gasteiger partial charge in [-0.15, -0.1) is 0 Å². The largest absolute Gasteiger partial charge is 0.375 e. The van der Waals surface area contributed by atoms with Gasteiger partial charge in [-0.3, -0.25) is 0 Å². The van der Waals surface area contributed by atoms with E-state index >= 15 is 0 Å². The minimum Gasteiger partial charge on any atom is -0.375 e. The van der Waals surface area contributed by atoms with Crippen molar-refractivity contribution >= 4 is 0 Å². The molecular weight excluding hydrogens is 162 g/mol. The summed E-state index contributed by atoms with van der Waals surface area (Å²) in [5, 5.41) is 3.42. The molecule has 0 radical (unpaired) electrons. The first-order valence-electron chi connectivity index (χ1n) is 5.32. The van der Waals surface area contributed by atoms with Crippen molar-refractivity contribution in [2.24, 2.45) is 5.92 Å². The first-order valence-corrected chi connectivity index (χ1v) is 5.32. The van der Waals surface area contributed by atoms with Crippen LogP contribution in [0, 0.1) is 5.92 Å². The van der Waals surface area contributed by atoms with Crippen LogP contribution in [0.2, 0.25) is 0 Å². The summed E-state index contributed by atoms with van der Waals surface area (Å²) in [6, 6.07) is 0. The zero-order valence-electron chi connectivity index (χ0n) is 9.81.